The third-order valence-corrected chi connectivity index (χ3v) is 3.62. The summed E-state index contributed by atoms with van der Waals surface area (Å²) in [6.07, 6.45) is 1.85. The second-order valence-corrected chi connectivity index (χ2v) is 5.67. The lowest BCUT2D eigenvalue weighted by Crippen LogP contribution is -1.99. The van der Waals surface area contributed by atoms with E-state index in [1.807, 2.05) is 39.1 Å². The lowest BCUT2D eigenvalue weighted by molar-refractivity contribution is 0.280. The van der Waals surface area contributed by atoms with Crippen molar-refractivity contribution in [1.82, 2.24) is 4.98 Å². The van der Waals surface area contributed by atoms with Crippen LogP contribution in [0, 0.1) is 20.8 Å². The van der Waals surface area contributed by atoms with Crippen LogP contribution in [0.2, 0.25) is 0 Å². The Balaban J connectivity index is 2.14. The Labute approximate surface area is 111 Å². The van der Waals surface area contributed by atoms with E-state index in [2.05, 4.69) is 4.98 Å². The van der Waals surface area contributed by atoms with Gasteiger partial charge in [0.15, 0.2) is 0 Å². The van der Waals surface area contributed by atoms with Gasteiger partial charge in [-0.05, 0) is 37.5 Å². The molecule has 0 amide bonds. The Morgan fingerprint density at radius 1 is 1.22 bits per heavy atom. The van der Waals surface area contributed by atoms with Crippen LogP contribution >= 0.6 is 11.3 Å². The maximum Gasteiger partial charge on any atom is 0.125 e. The van der Waals surface area contributed by atoms with Gasteiger partial charge in [-0.3, -0.25) is 0 Å². The van der Waals surface area contributed by atoms with Crippen LogP contribution in [0.1, 0.15) is 26.6 Å². The summed E-state index contributed by atoms with van der Waals surface area (Å²) in [7, 11) is 0. The number of aliphatic hydroxyl groups is 1. The number of rotatable bonds is 4. The fraction of sp³-hybridized carbons (Fsp3) is 0.357. The monoisotopic (exact) mass is 263 g/mol. The largest absolute Gasteiger partial charge is 0.487 e. The zero-order valence-corrected chi connectivity index (χ0v) is 11.7. The number of hydrogen-bond acceptors (Lipinski definition) is 4. The van der Waals surface area contributed by atoms with Crippen molar-refractivity contribution < 1.29 is 9.84 Å². The van der Waals surface area contributed by atoms with E-state index in [9.17, 15) is 0 Å². The van der Waals surface area contributed by atoms with Crippen LogP contribution in [0.25, 0.3) is 0 Å². The molecule has 0 fully saturated rings. The zero-order valence-electron chi connectivity index (χ0n) is 10.9. The van der Waals surface area contributed by atoms with Crippen molar-refractivity contribution in [1.29, 1.82) is 0 Å². The molecule has 0 bridgehead atoms. The lowest BCUT2D eigenvalue weighted by Gasteiger charge is -2.12. The van der Waals surface area contributed by atoms with Crippen LogP contribution < -0.4 is 4.74 Å². The van der Waals surface area contributed by atoms with E-state index < -0.39 is 0 Å². The van der Waals surface area contributed by atoms with Crippen LogP contribution in [0.4, 0.5) is 0 Å². The molecule has 2 aromatic rings. The first kappa shape index (κ1) is 13.1. The smallest absolute Gasteiger partial charge is 0.125 e. The molecule has 2 rings (SSSR count). The SMILES string of the molecule is Cc1ncc(COc2c(C)cc(CO)cc2C)s1. The highest BCUT2D eigenvalue weighted by Gasteiger charge is 2.07. The van der Waals surface area contributed by atoms with Gasteiger partial charge in [-0.2, -0.15) is 0 Å². The summed E-state index contributed by atoms with van der Waals surface area (Å²) in [4.78, 5) is 5.33. The van der Waals surface area contributed by atoms with E-state index in [0.717, 1.165) is 32.3 Å². The van der Waals surface area contributed by atoms with Gasteiger partial charge in [-0.1, -0.05) is 12.1 Å². The second kappa shape index (κ2) is 5.50. The van der Waals surface area contributed by atoms with Gasteiger partial charge >= 0.3 is 0 Å². The Kier molecular flexibility index (Phi) is 3.99. The van der Waals surface area contributed by atoms with Crippen LogP contribution in [0.3, 0.4) is 0 Å². The summed E-state index contributed by atoms with van der Waals surface area (Å²) in [6.45, 7) is 6.60. The van der Waals surface area contributed by atoms with Gasteiger partial charge in [-0.15, -0.1) is 11.3 Å². The summed E-state index contributed by atoms with van der Waals surface area (Å²) in [5.41, 5.74) is 3.03. The van der Waals surface area contributed by atoms with Gasteiger partial charge < -0.3 is 9.84 Å². The molecule has 1 aromatic heterocycles. The van der Waals surface area contributed by atoms with E-state index in [4.69, 9.17) is 9.84 Å². The highest BCUT2D eigenvalue weighted by Crippen LogP contribution is 2.26. The molecule has 0 radical (unpaired) electrons. The van der Waals surface area contributed by atoms with Crippen molar-refractivity contribution in [2.45, 2.75) is 34.0 Å². The van der Waals surface area contributed by atoms with Crippen molar-refractivity contribution in [2.75, 3.05) is 0 Å². The first-order chi connectivity index (χ1) is 8.60. The molecule has 0 unspecified atom stereocenters. The van der Waals surface area contributed by atoms with Crippen LogP contribution in [-0.2, 0) is 13.2 Å². The molecular weight excluding hydrogens is 246 g/mol. The van der Waals surface area contributed by atoms with Crippen molar-refractivity contribution in [3.8, 4) is 5.75 Å². The second-order valence-electron chi connectivity index (χ2n) is 4.35. The minimum absolute atomic E-state index is 0.0655. The topological polar surface area (TPSA) is 42.4 Å². The molecule has 1 N–H and O–H groups in total. The third kappa shape index (κ3) is 2.89. The molecule has 96 valence electrons. The fourth-order valence-corrected chi connectivity index (χ4v) is 2.68. The van der Waals surface area contributed by atoms with Crippen LogP contribution in [0.15, 0.2) is 18.3 Å². The average Bonchev–Trinajstić information content (AvgIpc) is 2.73. The van der Waals surface area contributed by atoms with E-state index in [1.165, 1.54) is 0 Å². The summed E-state index contributed by atoms with van der Waals surface area (Å²) < 4.78 is 5.86. The zero-order chi connectivity index (χ0) is 13.1. The standard InChI is InChI=1S/C14H17NO2S/c1-9-4-12(7-16)5-10(2)14(9)17-8-13-6-15-11(3)18-13/h4-6,16H,7-8H2,1-3H3. The number of hydrogen-bond donors (Lipinski definition) is 1. The predicted octanol–water partition coefficient (Wildman–Crippen LogP) is 3.14. The molecule has 0 spiro atoms. The summed E-state index contributed by atoms with van der Waals surface area (Å²) in [6, 6.07) is 3.92. The Morgan fingerprint density at radius 2 is 1.89 bits per heavy atom. The van der Waals surface area contributed by atoms with Gasteiger partial charge in [0.05, 0.1) is 16.5 Å². The molecule has 0 aliphatic rings. The number of aliphatic hydroxyl groups excluding tert-OH is 1. The van der Waals surface area contributed by atoms with Gasteiger partial charge in [0.25, 0.3) is 0 Å². The number of aryl methyl sites for hydroxylation is 3. The van der Waals surface area contributed by atoms with Crippen LogP contribution in [-0.4, -0.2) is 10.1 Å². The Morgan fingerprint density at radius 3 is 2.39 bits per heavy atom. The number of nitrogens with zero attached hydrogens (tertiary/aromatic N) is 1. The van der Waals surface area contributed by atoms with E-state index >= 15 is 0 Å². The van der Waals surface area contributed by atoms with Gasteiger partial charge in [0.2, 0.25) is 0 Å². The molecule has 0 saturated heterocycles. The van der Waals surface area contributed by atoms with E-state index in [1.54, 1.807) is 11.3 Å². The third-order valence-electron chi connectivity index (χ3n) is 2.73. The minimum atomic E-state index is 0.0655. The molecule has 0 aliphatic carbocycles. The molecule has 4 heteroatoms. The normalized spacial score (nSPS) is 10.7. The molecule has 0 saturated carbocycles. The molecule has 0 atom stereocenters. The molecule has 1 heterocycles. The first-order valence-corrected chi connectivity index (χ1v) is 6.67. The van der Waals surface area contributed by atoms with Crippen molar-refractivity contribution in [2.24, 2.45) is 0 Å². The molecule has 1 aromatic carbocycles. The Hall–Kier alpha value is -1.39. The minimum Gasteiger partial charge on any atom is -0.487 e. The van der Waals surface area contributed by atoms with Gasteiger partial charge in [0.1, 0.15) is 12.4 Å². The number of thiazole rings is 1. The van der Waals surface area contributed by atoms with E-state index in [-0.39, 0.29) is 6.61 Å². The Bertz CT molecular complexity index is 525. The van der Waals surface area contributed by atoms with Gasteiger partial charge in [0, 0.05) is 6.20 Å². The van der Waals surface area contributed by atoms with E-state index in [0.29, 0.717) is 6.61 Å². The van der Waals surface area contributed by atoms with Crippen molar-refractivity contribution in [3.05, 3.63) is 44.9 Å². The predicted molar refractivity (Wildman–Crippen MR) is 73.0 cm³/mol. The highest BCUT2D eigenvalue weighted by atomic mass is 32.1. The number of aromatic nitrogens is 1. The summed E-state index contributed by atoms with van der Waals surface area (Å²) in [5.74, 6) is 0.901. The summed E-state index contributed by atoms with van der Waals surface area (Å²) in [5, 5.41) is 10.2. The molecule has 3 nitrogen and oxygen atoms in total. The average molecular weight is 263 g/mol. The number of benzene rings is 1. The number of ether oxygens (including phenoxy) is 1. The molecular formula is C14H17NO2S. The maximum absolute atomic E-state index is 9.14. The maximum atomic E-state index is 9.14. The van der Waals surface area contributed by atoms with Crippen LogP contribution in [0.5, 0.6) is 5.75 Å². The molecule has 18 heavy (non-hydrogen) atoms. The van der Waals surface area contributed by atoms with Crippen molar-refractivity contribution in [3.63, 3.8) is 0 Å². The van der Waals surface area contributed by atoms with Gasteiger partial charge in [-0.25, -0.2) is 4.98 Å². The molecule has 0 aliphatic heterocycles. The quantitative estimate of drug-likeness (QED) is 0.921. The van der Waals surface area contributed by atoms with Crippen molar-refractivity contribution >= 4 is 11.3 Å². The highest BCUT2D eigenvalue weighted by molar-refractivity contribution is 7.11. The summed E-state index contributed by atoms with van der Waals surface area (Å²) >= 11 is 1.65. The lowest BCUT2D eigenvalue weighted by atomic mass is 10.1. The first-order valence-electron chi connectivity index (χ1n) is 5.85. The fourth-order valence-electron chi connectivity index (χ4n) is 1.97.